The molecule has 5 nitrogen and oxygen atoms in total. The molecule has 19 heavy (non-hydrogen) atoms. The van der Waals surface area contributed by atoms with E-state index in [-0.39, 0.29) is 28.6 Å². The molecule has 0 bridgehead atoms. The summed E-state index contributed by atoms with van der Waals surface area (Å²) in [5.41, 5.74) is 0.160. The molecule has 2 aromatic rings. The highest BCUT2D eigenvalue weighted by atomic mass is 16.3. The Hall–Kier alpha value is -2.61. The van der Waals surface area contributed by atoms with Gasteiger partial charge in [-0.05, 0) is 12.1 Å². The Bertz CT molecular complexity index is 751. The van der Waals surface area contributed by atoms with Crippen LogP contribution in [0.1, 0.15) is 19.7 Å². The summed E-state index contributed by atoms with van der Waals surface area (Å²) in [7, 11) is 0. The van der Waals surface area contributed by atoms with Gasteiger partial charge in [-0.15, -0.1) is 0 Å². The van der Waals surface area contributed by atoms with Gasteiger partial charge in [-0.2, -0.15) is 5.26 Å². The summed E-state index contributed by atoms with van der Waals surface area (Å²) in [6.07, 6.45) is 0. The number of rotatable bonds is 2. The lowest BCUT2D eigenvalue weighted by atomic mass is 10.1. The quantitative estimate of drug-likeness (QED) is 0.636. The number of allylic oxidation sites excluding steroid dienone is 2. The number of aromatic nitrogens is 2. The Kier molecular flexibility index (Phi) is 3.34. The van der Waals surface area contributed by atoms with Crippen LogP contribution in [-0.4, -0.2) is 15.1 Å². The van der Waals surface area contributed by atoms with Gasteiger partial charge in [0, 0.05) is 5.92 Å². The number of hydrogen-bond donors (Lipinski definition) is 2. The van der Waals surface area contributed by atoms with Gasteiger partial charge in [-0.3, -0.25) is 4.79 Å². The molecule has 2 N–H and O–H groups in total. The van der Waals surface area contributed by atoms with Crippen LogP contribution in [0.5, 0.6) is 0 Å². The highest BCUT2D eigenvalue weighted by Crippen LogP contribution is 2.19. The maximum absolute atomic E-state index is 11.9. The number of hydrogen-bond acceptors (Lipinski definition) is 4. The monoisotopic (exact) mass is 255 g/mol. The number of fused-ring (bicyclic) bond motifs is 1. The van der Waals surface area contributed by atoms with Gasteiger partial charge in [-0.25, -0.2) is 4.98 Å². The number of nitrogens with zero attached hydrogens (tertiary/aromatic N) is 2. The second kappa shape index (κ2) is 4.94. The predicted octanol–water partition coefficient (Wildman–Crippen LogP) is 2.37. The number of benzene rings is 1. The third-order valence-electron chi connectivity index (χ3n) is 2.76. The Labute approximate surface area is 109 Å². The largest absolute Gasteiger partial charge is 0.511 e. The molecule has 0 aliphatic rings. The van der Waals surface area contributed by atoms with Gasteiger partial charge in [0.25, 0.3) is 5.56 Å². The van der Waals surface area contributed by atoms with Gasteiger partial charge in [-0.1, -0.05) is 26.0 Å². The third-order valence-corrected chi connectivity index (χ3v) is 2.76. The van der Waals surface area contributed by atoms with Gasteiger partial charge < -0.3 is 10.1 Å². The molecule has 0 aliphatic carbocycles. The molecule has 2 rings (SSSR count). The normalized spacial score (nSPS) is 12.3. The zero-order chi connectivity index (χ0) is 14.0. The van der Waals surface area contributed by atoms with Crippen molar-refractivity contribution in [3.05, 3.63) is 46.2 Å². The highest BCUT2D eigenvalue weighted by molar-refractivity contribution is 5.81. The molecular formula is C14H13N3O2. The molecule has 0 saturated carbocycles. The van der Waals surface area contributed by atoms with E-state index in [9.17, 15) is 9.90 Å². The molecule has 0 atom stereocenters. The molecule has 0 amide bonds. The minimum Gasteiger partial charge on any atom is -0.511 e. The molecule has 96 valence electrons. The first-order valence-corrected chi connectivity index (χ1v) is 5.87. The summed E-state index contributed by atoms with van der Waals surface area (Å²) < 4.78 is 0. The molecule has 1 aromatic heterocycles. The molecule has 0 aliphatic heterocycles. The van der Waals surface area contributed by atoms with Crippen LogP contribution >= 0.6 is 0 Å². The summed E-state index contributed by atoms with van der Waals surface area (Å²) in [6.45, 7) is 3.51. The van der Waals surface area contributed by atoms with E-state index in [0.29, 0.717) is 10.9 Å². The lowest BCUT2D eigenvalue weighted by Gasteiger charge is -2.07. The Morgan fingerprint density at radius 3 is 2.74 bits per heavy atom. The maximum Gasteiger partial charge on any atom is 0.259 e. The summed E-state index contributed by atoms with van der Waals surface area (Å²) in [6, 6.07) is 8.74. The molecule has 1 aromatic carbocycles. The van der Waals surface area contributed by atoms with Gasteiger partial charge in [0.15, 0.2) is 5.82 Å². The Balaban J connectivity index is 2.74. The fourth-order valence-corrected chi connectivity index (χ4v) is 1.73. The average Bonchev–Trinajstić information content (AvgIpc) is 2.39. The number of para-hydroxylation sites is 1. The van der Waals surface area contributed by atoms with E-state index in [1.165, 1.54) is 0 Å². The van der Waals surface area contributed by atoms with Crippen molar-refractivity contribution in [2.75, 3.05) is 0 Å². The summed E-state index contributed by atoms with van der Waals surface area (Å²) in [4.78, 5) is 18.6. The first kappa shape index (κ1) is 12.8. The number of aromatic amines is 1. The summed E-state index contributed by atoms with van der Waals surface area (Å²) >= 11 is 0. The van der Waals surface area contributed by atoms with Crippen LogP contribution in [0.25, 0.3) is 16.5 Å². The van der Waals surface area contributed by atoms with Crippen molar-refractivity contribution < 1.29 is 5.11 Å². The SMILES string of the molecule is CC(C)C(O)=C(C#N)c1nc2ccccc2c(=O)[nH]1. The fourth-order valence-electron chi connectivity index (χ4n) is 1.73. The van der Waals surface area contributed by atoms with Crippen molar-refractivity contribution in [1.29, 1.82) is 5.26 Å². The highest BCUT2D eigenvalue weighted by Gasteiger charge is 2.15. The smallest absolute Gasteiger partial charge is 0.259 e. The number of aliphatic hydroxyl groups excluding tert-OH is 1. The first-order valence-electron chi connectivity index (χ1n) is 5.87. The van der Waals surface area contributed by atoms with Crippen molar-refractivity contribution in [2.24, 2.45) is 5.92 Å². The van der Waals surface area contributed by atoms with E-state index in [0.717, 1.165) is 0 Å². The molecule has 0 saturated heterocycles. The van der Waals surface area contributed by atoms with E-state index >= 15 is 0 Å². The first-order chi connectivity index (χ1) is 9.04. The minimum absolute atomic E-state index is 0.00199. The summed E-state index contributed by atoms with van der Waals surface area (Å²) in [5.74, 6) is -0.204. The van der Waals surface area contributed by atoms with Gasteiger partial charge >= 0.3 is 0 Å². The second-order valence-electron chi connectivity index (χ2n) is 4.46. The second-order valence-corrected chi connectivity index (χ2v) is 4.46. The lowest BCUT2D eigenvalue weighted by Crippen LogP contribution is -2.12. The number of nitrogens with one attached hydrogen (secondary N) is 1. The van der Waals surface area contributed by atoms with Gasteiger partial charge in [0.2, 0.25) is 0 Å². The lowest BCUT2D eigenvalue weighted by molar-refractivity contribution is 0.355. The molecular weight excluding hydrogens is 242 g/mol. The summed E-state index contributed by atoms with van der Waals surface area (Å²) in [5, 5.41) is 19.5. The standard InChI is InChI=1S/C14H13N3O2/c1-8(2)12(18)10(7-15)13-16-11-6-4-3-5-9(11)14(19)17-13/h3-6,8,18H,1-2H3,(H,16,17,19). The molecule has 0 unspecified atom stereocenters. The molecule has 0 radical (unpaired) electrons. The van der Waals surface area contributed by atoms with E-state index in [1.54, 1.807) is 38.1 Å². The molecule has 5 heteroatoms. The number of H-pyrrole nitrogens is 1. The van der Waals surface area contributed by atoms with Crippen molar-refractivity contribution in [3.63, 3.8) is 0 Å². The van der Waals surface area contributed by atoms with Gasteiger partial charge in [0.05, 0.1) is 10.9 Å². The Morgan fingerprint density at radius 1 is 1.42 bits per heavy atom. The van der Waals surface area contributed by atoms with Crippen LogP contribution in [0.2, 0.25) is 0 Å². The van der Waals surface area contributed by atoms with Crippen molar-refractivity contribution in [1.82, 2.24) is 9.97 Å². The van der Waals surface area contributed by atoms with E-state index in [2.05, 4.69) is 9.97 Å². The molecule has 1 heterocycles. The van der Waals surface area contributed by atoms with Gasteiger partial charge in [0.1, 0.15) is 17.4 Å². The van der Waals surface area contributed by atoms with E-state index < -0.39 is 0 Å². The van der Waals surface area contributed by atoms with Crippen molar-refractivity contribution >= 4 is 16.5 Å². The van der Waals surface area contributed by atoms with E-state index in [4.69, 9.17) is 5.26 Å². The minimum atomic E-state index is -0.329. The Morgan fingerprint density at radius 2 is 2.11 bits per heavy atom. The zero-order valence-corrected chi connectivity index (χ0v) is 10.6. The van der Waals surface area contributed by atoms with Crippen LogP contribution < -0.4 is 5.56 Å². The molecule has 0 spiro atoms. The van der Waals surface area contributed by atoms with Crippen LogP contribution in [0.4, 0.5) is 0 Å². The van der Waals surface area contributed by atoms with Crippen LogP contribution in [0.3, 0.4) is 0 Å². The van der Waals surface area contributed by atoms with Crippen molar-refractivity contribution in [2.45, 2.75) is 13.8 Å². The maximum atomic E-state index is 11.9. The average molecular weight is 255 g/mol. The van der Waals surface area contributed by atoms with Crippen LogP contribution in [0, 0.1) is 17.2 Å². The van der Waals surface area contributed by atoms with E-state index in [1.807, 2.05) is 6.07 Å². The number of aliphatic hydroxyl groups is 1. The van der Waals surface area contributed by atoms with Crippen LogP contribution in [-0.2, 0) is 0 Å². The van der Waals surface area contributed by atoms with Crippen molar-refractivity contribution in [3.8, 4) is 6.07 Å². The zero-order valence-electron chi connectivity index (χ0n) is 10.6. The number of nitriles is 1. The fraction of sp³-hybridized carbons (Fsp3) is 0.214. The predicted molar refractivity (Wildman–Crippen MR) is 72.4 cm³/mol. The molecule has 0 fully saturated rings. The third kappa shape index (κ3) is 2.33. The van der Waals surface area contributed by atoms with Crippen LogP contribution in [0.15, 0.2) is 34.8 Å². The topological polar surface area (TPSA) is 89.8 Å².